The van der Waals surface area contributed by atoms with Gasteiger partial charge in [0.2, 0.25) is 0 Å². The van der Waals surface area contributed by atoms with Gasteiger partial charge in [-0.3, -0.25) is 5.41 Å². The van der Waals surface area contributed by atoms with Crippen LogP contribution in [0.15, 0.2) is 30.3 Å². The highest BCUT2D eigenvalue weighted by atomic mass is 15.1. The molecule has 0 aromatic heterocycles. The van der Waals surface area contributed by atoms with Gasteiger partial charge in [0.15, 0.2) is 0 Å². The van der Waals surface area contributed by atoms with Crippen molar-refractivity contribution in [3.05, 3.63) is 35.9 Å². The van der Waals surface area contributed by atoms with E-state index in [1.165, 1.54) is 5.56 Å². The number of hydrogen-bond donors (Lipinski definition) is 1. The molecular weight excluding hydrogens is 160 g/mol. The van der Waals surface area contributed by atoms with Gasteiger partial charge in [0.1, 0.15) is 0 Å². The summed E-state index contributed by atoms with van der Waals surface area (Å²) in [7, 11) is 1.96. The lowest BCUT2D eigenvalue weighted by Gasteiger charge is -2.18. The van der Waals surface area contributed by atoms with Gasteiger partial charge in [-0.15, -0.1) is 0 Å². The van der Waals surface area contributed by atoms with Gasteiger partial charge in [-0.2, -0.15) is 0 Å². The van der Waals surface area contributed by atoms with Crippen molar-refractivity contribution in [2.75, 3.05) is 7.05 Å². The molecule has 0 heterocycles. The summed E-state index contributed by atoms with van der Waals surface area (Å²) >= 11 is 0. The van der Waals surface area contributed by atoms with E-state index in [0.29, 0.717) is 5.84 Å². The zero-order chi connectivity index (χ0) is 9.68. The van der Waals surface area contributed by atoms with Crippen molar-refractivity contribution in [3.63, 3.8) is 0 Å². The van der Waals surface area contributed by atoms with Crippen molar-refractivity contribution in [2.24, 2.45) is 0 Å². The standard InChI is InChI=1S/C11H16N2/c1-3-11(12)13(2)9-10-7-5-4-6-8-10/h4-8,12H,3,9H2,1-2H3. The lowest BCUT2D eigenvalue weighted by Crippen LogP contribution is -2.24. The third-order valence-electron chi connectivity index (χ3n) is 2.06. The van der Waals surface area contributed by atoms with Crippen LogP contribution in [0.2, 0.25) is 0 Å². The molecule has 0 radical (unpaired) electrons. The highest BCUT2D eigenvalue weighted by molar-refractivity contribution is 5.78. The highest BCUT2D eigenvalue weighted by Gasteiger charge is 2.01. The van der Waals surface area contributed by atoms with E-state index in [0.717, 1.165) is 13.0 Å². The molecule has 0 atom stereocenters. The maximum Gasteiger partial charge on any atom is 0.0955 e. The number of benzene rings is 1. The van der Waals surface area contributed by atoms with Gasteiger partial charge in [0.25, 0.3) is 0 Å². The predicted molar refractivity (Wildman–Crippen MR) is 55.9 cm³/mol. The number of amidine groups is 1. The fraction of sp³-hybridized carbons (Fsp3) is 0.364. The summed E-state index contributed by atoms with van der Waals surface area (Å²) < 4.78 is 0. The van der Waals surface area contributed by atoms with Crippen LogP contribution >= 0.6 is 0 Å². The third-order valence-corrected chi connectivity index (χ3v) is 2.06. The van der Waals surface area contributed by atoms with E-state index in [1.54, 1.807) is 0 Å². The maximum atomic E-state index is 7.62. The molecule has 1 aromatic rings. The second-order valence-electron chi connectivity index (χ2n) is 3.14. The molecule has 0 saturated heterocycles. The number of nitrogens with zero attached hydrogens (tertiary/aromatic N) is 1. The molecule has 2 heteroatoms. The van der Waals surface area contributed by atoms with Gasteiger partial charge in [-0.05, 0) is 5.56 Å². The molecule has 0 spiro atoms. The van der Waals surface area contributed by atoms with Crippen LogP contribution in [-0.2, 0) is 6.54 Å². The van der Waals surface area contributed by atoms with Crippen LogP contribution in [0.25, 0.3) is 0 Å². The Morgan fingerprint density at radius 2 is 1.92 bits per heavy atom. The molecule has 2 nitrogen and oxygen atoms in total. The minimum absolute atomic E-state index is 0.684. The Labute approximate surface area is 79.7 Å². The van der Waals surface area contributed by atoms with Gasteiger partial charge in [0, 0.05) is 20.0 Å². The van der Waals surface area contributed by atoms with Crippen molar-refractivity contribution in [1.82, 2.24) is 4.90 Å². The zero-order valence-corrected chi connectivity index (χ0v) is 8.25. The van der Waals surface area contributed by atoms with Crippen LogP contribution in [0.3, 0.4) is 0 Å². The zero-order valence-electron chi connectivity index (χ0n) is 8.25. The van der Waals surface area contributed by atoms with Crippen LogP contribution in [0.1, 0.15) is 18.9 Å². The van der Waals surface area contributed by atoms with Crippen molar-refractivity contribution in [3.8, 4) is 0 Å². The predicted octanol–water partition coefficient (Wildman–Crippen LogP) is 2.51. The molecular formula is C11H16N2. The molecule has 1 rings (SSSR count). The lowest BCUT2D eigenvalue weighted by molar-refractivity contribution is 0.487. The summed E-state index contributed by atoms with van der Waals surface area (Å²) in [5.74, 6) is 0.684. The van der Waals surface area contributed by atoms with Gasteiger partial charge in [0.05, 0.1) is 5.84 Å². The van der Waals surface area contributed by atoms with E-state index in [1.807, 2.05) is 37.1 Å². The van der Waals surface area contributed by atoms with E-state index in [-0.39, 0.29) is 0 Å². The molecule has 70 valence electrons. The topological polar surface area (TPSA) is 27.1 Å². The van der Waals surface area contributed by atoms with Gasteiger partial charge in [-0.25, -0.2) is 0 Å². The van der Waals surface area contributed by atoms with Crippen LogP contribution in [0.4, 0.5) is 0 Å². The quantitative estimate of drug-likeness (QED) is 0.556. The Bertz CT molecular complexity index is 267. The first kappa shape index (κ1) is 9.78. The second kappa shape index (κ2) is 4.65. The Hall–Kier alpha value is -1.31. The molecule has 0 bridgehead atoms. The minimum atomic E-state index is 0.684. The smallest absolute Gasteiger partial charge is 0.0955 e. The molecule has 0 aliphatic heterocycles. The molecule has 1 aromatic carbocycles. The third kappa shape index (κ3) is 2.90. The summed E-state index contributed by atoms with van der Waals surface area (Å²) in [6.07, 6.45) is 0.795. The Morgan fingerprint density at radius 1 is 1.31 bits per heavy atom. The van der Waals surface area contributed by atoms with Crippen LogP contribution in [0, 0.1) is 5.41 Å². The number of rotatable bonds is 3. The van der Waals surface area contributed by atoms with Crippen molar-refractivity contribution >= 4 is 5.84 Å². The highest BCUT2D eigenvalue weighted by Crippen LogP contribution is 2.03. The van der Waals surface area contributed by atoms with Gasteiger partial charge >= 0.3 is 0 Å². The summed E-state index contributed by atoms with van der Waals surface area (Å²) in [4.78, 5) is 1.97. The Kier molecular flexibility index (Phi) is 3.50. The van der Waals surface area contributed by atoms with E-state index in [2.05, 4.69) is 12.1 Å². The maximum absolute atomic E-state index is 7.62. The summed E-state index contributed by atoms with van der Waals surface area (Å²) in [6, 6.07) is 10.2. The van der Waals surface area contributed by atoms with E-state index >= 15 is 0 Å². The van der Waals surface area contributed by atoms with Gasteiger partial charge < -0.3 is 4.90 Å². The Balaban J connectivity index is 2.55. The summed E-state index contributed by atoms with van der Waals surface area (Å²) in [5.41, 5.74) is 1.25. The largest absolute Gasteiger partial charge is 0.359 e. The average Bonchev–Trinajstić information content (AvgIpc) is 2.18. The summed E-state index contributed by atoms with van der Waals surface area (Å²) in [5, 5.41) is 7.62. The molecule has 0 aliphatic carbocycles. The van der Waals surface area contributed by atoms with E-state index in [9.17, 15) is 0 Å². The fourth-order valence-electron chi connectivity index (χ4n) is 1.22. The Morgan fingerprint density at radius 3 is 2.46 bits per heavy atom. The van der Waals surface area contributed by atoms with Crippen LogP contribution in [0.5, 0.6) is 0 Å². The first-order valence-electron chi connectivity index (χ1n) is 4.56. The molecule has 0 fully saturated rings. The number of nitrogens with one attached hydrogen (secondary N) is 1. The van der Waals surface area contributed by atoms with E-state index < -0.39 is 0 Å². The first-order valence-corrected chi connectivity index (χ1v) is 4.56. The molecule has 0 amide bonds. The van der Waals surface area contributed by atoms with Crippen LogP contribution < -0.4 is 0 Å². The van der Waals surface area contributed by atoms with Crippen molar-refractivity contribution in [2.45, 2.75) is 19.9 Å². The first-order chi connectivity index (χ1) is 6.24. The second-order valence-corrected chi connectivity index (χ2v) is 3.14. The van der Waals surface area contributed by atoms with Crippen LogP contribution in [-0.4, -0.2) is 17.8 Å². The van der Waals surface area contributed by atoms with E-state index in [4.69, 9.17) is 5.41 Å². The number of hydrogen-bond acceptors (Lipinski definition) is 1. The average molecular weight is 176 g/mol. The van der Waals surface area contributed by atoms with Gasteiger partial charge in [-0.1, -0.05) is 37.3 Å². The minimum Gasteiger partial charge on any atom is -0.359 e. The molecule has 0 saturated carbocycles. The fourth-order valence-corrected chi connectivity index (χ4v) is 1.22. The lowest BCUT2D eigenvalue weighted by atomic mass is 10.2. The van der Waals surface area contributed by atoms with Crippen molar-refractivity contribution in [1.29, 1.82) is 5.41 Å². The molecule has 1 N–H and O–H groups in total. The molecule has 13 heavy (non-hydrogen) atoms. The normalized spacial score (nSPS) is 9.69. The van der Waals surface area contributed by atoms with Crippen molar-refractivity contribution < 1.29 is 0 Å². The summed E-state index contributed by atoms with van der Waals surface area (Å²) in [6.45, 7) is 2.83. The SMILES string of the molecule is CCC(=N)N(C)Cc1ccccc1. The monoisotopic (exact) mass is 176 g/mol. The molecule has 0 aliphatic rings. The molecule has 0 unspecified atom stereocenters.